The van der Waals surface area contributed by atoms with Crippen LogP contribution < -0.4 is 10.2 Å². The summed E-state index contributed by atoms with van der Waals surface area (Å²) in [6.07, 6.45) is 27.4. The van der Waals surface area contributed by atoms with Gasteiger partial charge in [0, 0.05) is 19.6 Å². The Morgan fingerprint density at radius 3 is 1.55 bits per heavy atom. The van der Waals surface area contributed by atoms with E-state index >= 15 is 0 Å². The normalized spacial score (nSPS) is 14.0. The number of likely N-dealkylation sites (N-methyl/N-ethyl adjacent to an activating group) is 1. The molecule has 2 atom stereocenters. The van der Waals surface area contributed by atoms with E-state index in [4.69, 9.17) is 13.8 Å². The standard InChI is InChI=1S/C35H73N2O6P/c1-6-8-10-12-14-16-17-18-19-21-23-25-27-30-41-34(33-43-44(39,40)42-31-29-37(3,4)5)32-36-35(38)28-26-24-22-20-15-13-11-9-7-2/h34H,6-33H2,1-5H3,(H-,36,38,39,40). The molecular weight excluding hydrogens is 575 g/mol. The number of quaternary nitrogens is 1. The van der Waals surface area contributed by atoms with Crippen LogP contribution in [0.1, 0.15) is 162 Å². The molecule has 264 valence electrons. The van der Waals surface area contributed by atoms with Gasteiger partial charge in [-0.1, -0.05) is 142 Å². The highest BCUT2D eigenvalue weighted by Crippen LogP contribution is 2.38. The van der Waals surface area contributed by atoms with Gasteiger partial charge in [-0.3, -0.25) is 9.36 Å². The molecule has 0 fully saturated rings. The topological polar surface area (TPSA) is 96.9 Å². The third-order valence-electron chi connectivity index (χ3n) is 8.07. The summed E-state index contributed by atoms with van der Waals surface area (Å²) in [4.78, 5) is 24.7. The van der Waals surface area contributed by atoms with Crippen molar-refractivity contribution in [1.29, 1.82) is 0 Å². The Kier molecular flexibility index (Phi) is 29.5. The SMILES string of the molecule is CCCCCCCCCCCCCCCOC(CNC(=O)CCCCCCCCCCC)COP(=O)([O-])OCC[N+](C)(C)C. The number of carbonyl (C=O) groups is 1. The van der Waals surface area contributed by atoms with Crippen molar-refractivity contribution in [2.75, 3.05) is 54.1 Å². The Balaban J connectivity index is 4.28. The van der Waals surface area contributed by atoms with E-state index in [1.54, 1.807) is 0 Å². The van der Waals surface area contributed by atoms with Gasteiger partial charge in [0.25, 0.3) is 7.82 Å². The number of carbonyl (C=O) groups excluding carboxylic acids is 1. The molecule has 0 bridgehead atoms. The highest BCUT2D eigenvalue weighted by atomic mass is 31.2. The number of nitrogens with one attached hydrogen (secondary N) is 1. The second-order valence-corrected chi connectivity index (χ2v) is 15.1. The van der Waals surface area contributed by atoms with Crippen LogP contribution in [0.15, 0.2) is 0 Å². The molecule has 0 saturated carbocycles. The van der Waals surface area contributed by atoms with Gasteiger partial charge in [-0.2, -0.15) is 0 Å². The summed E-state index contributed by atoms with van der Waals surface area (Å²) in [5.41, 5.74) is 0. The van der Waals surface area contributed by atoms with Gasteiger partial charge in [-0.15, -0.1) is 0 Å². The lowest BCUT2D eigenvalue weighted by molar-refractivity contribution is -0.870. The first-order valence-corrected chi connectivity index (χ1v) is 19.8. The fraction of sp³-hybridized carbons (Fsp3) is 0.971. The predicted molar refractivity (Wildman–Crippen MR) is 183 cm³/mol. The molecule has 0 aromatic heterocycles. The van der Waals surface area contributed by atoms with Gasteiger partial charge in [0.1, 0.15) is 13.2 Å². The smallest absolute Gasteiger partial charge is 0.268 e. The molecule has 9 heteroatoms. The largest absolute Gasteiger partial charge is 0.756 e. The number of hydrogen-bond acceptors (Lipinski definition) is 6. The molecule has 0 radical (unpaired) electrons. The highest BCUT2D eigenvalue weighted by molar-refractivity contribution is 7.45. The van der Waals surface area contributed by atoms with Gasteiger partial charge in [0.05, 0.1) is 33.9 Å². The van der Waals surface area contributed by atoms with E-state index in [1.165, 1.54) is 116 Å². The molecule has 0 saturated heterocycles. The average Bonchev–Trinajstić information content (AvgIpc) is 2.96. The molecule has 8 nitrogen and oxygen atoms in total. The van der Waals surface area contributed by atoms with Crippen LogP contribution in [-0.2, 0) is 23.1 Å². The summed E-state index contributed by atoms with van der Waals surface area (Å²) in [7, 11) is 1.47. The molecule has 0 aliphatic carbocycles. The number of nitrogens with zero attached hydrogens (tertiary/aromatic N) is 1. The van der Waals surface area contributed by atoms with Gasteiger partial charge < -0.3 is 28.5 Å². The lowest BCUT2D eigenvalue weighted by atomic mass is 10.0. The van der Waals surface area contributed by atoms with Crippen molar-refractivity contribution in [3.05, 3.63) is 0 Å². The second kappa shape index (κ2) is 29.9. The number of ether oxygens (including phenoxy) is 1. The molecule has 0 rings (SSSR count). The van der Waals surface area contributed by atoms with Crippen LogP contribution in [-0.4, -0.2) is 70.5 Å². The average molecular weight is 649 g/mol. The third-order valence-corrected chi connectivity index (χ3v) is 9.03. The number of hydrogen-bond donors (Lipinski definition) is 1. The van der Waals surface area contributed by atoms with Crippen LogP contribution in [0.3, 0.4) is 0 Å². The van der Waals surface area contributed by atoms with Crippen molar-refractivity contribution < 1.29 is 32.5 Å². The molecule has 2 unspecified atom stereocenters. The first-order chi connectivity index (χ1) is 21.1. The Morgan fingerprint density at radius 1 is 0.659 bits per heavy atom. The van der Waals surface area contributed by atoms with Crippen molar-refractivity contribution in [3.63, 3.8) is 0 Å². The molecule has 0 aromatic rings. The monoisotopic (exact) mass is 649 g/mol. The van der Waals surface area contributed by atoms with E-state index in [1.807, 2.05) is 21.1 Å². The van der Waals surface area contributed by atoms with Crippen LogP contribution >= 0.6 is 7.82 Å². The molecule has 0 spiro atoms. The molecule has 0 aliphatic heterocycles. The maximum Gasteiger partial charge on any atom is 0.268 e. The number of rotatable bonds is 34. The van der Waals surface area contributed by atoms with Gasteiger partial charge >= 0.3 is 0 Å². The van der Waals surface area contributed by atoms with Crippen molar-refractivity contribution >= 4 is 13.7 Å². The van der Waals surface area contributed by atoms with Crippen molar-refractivity contribution in [2.24, 2.45) is 0 Å². The Labute approximate surface area is 273 Å². The highest BCUT2D eigenvalue weighted by Gasteiger charge is 2.18. The molecule has 1 amide bonds. The molecule has 0 aliphatic rings. The van der Waals surface area contributed by atoms with Gasteiger partial charge in [-0.05, 0) is 12.8 Å². The van der Waals surface area contributed by atoms with E-state index in [9.17, 15) is 14.3 Å². The fourth-order valence-corrected chi connectivity index (χ4v) is 5.81. The number of phosphoric ester groups is 1. The van der Waals surface area contributed by atoms with Crippen molar-refractivity contribution in [2.45, 2.75) is 168 Å². The Bertz CT molecular complexity index is 689. The Morgan fingerprint density at radius 2 is 1.09 bits per heavy atom. The molecular formula is C35H73N2O6P. The van der Waals surface area contributed by atoms with Crippen LogP contribution in [0, 0.1) is 0 Å². The predicted octanol–water partition coefficient (Wildman–Crippen LogP) is 8.71. The van der Waals surface area contributed by atoms with Crippen LogP contribution in [0.5, 0.6) is 0 Å². The van der Waals surface area contributed by atoms with Gasteiger partial charge in [-0.25, -0.2) is 0 Å². The summed E-state index contributed by atoms with van der Waals surface area (Å²) >= 11 is 0. The summed E-state index contributed by atoms with van der Waals surface area (Å²) in [5, 5.41) is 2.93. The number of amides is 1. The minimum atomic E-state index is -4.44. The zero-order chi connectivity index (χ0) is 32.8. The minimum absolute atomic E-state index is 0.0213. The summed E-state index contributed by atoms with van der Waals surface area (Å²) in [6, 6.07) is 0. The van der Waals surface area contributed by atoms with E-state index < -0.39 is 13.9 Å². The van der Waals surface area contributed by atoms with Crippen molar-refractivity contribution in [3.8, 4) is 0 Å². The van der Waals surface area contributed by atoms with Crippen molar-refractivity contribution in [1.82, 2.24) is 5.32 Å². The maximum atomic E-state index is 12.4. The summed E-state index contributed by atoms with van der Waals surface area (Å²) in [5.74, 6) is -0.0213. The van der Waals surface area contributed by atoms with E-state index in [0.29, 0.717) is 24.1 Å². The molecule has 0 aromatic carbocycles. The lowest BCUT2D eigenvalue weighted by Crippen LogP contribution is -2.38. The molecule has 44 heavy (non-hydrogen) atoms. The first kappa shape index (κ1) is 43.5. The molecule has 0 heterocycles. The summed E-state index contributed by atoms with van der Waals surface area (Å²) in [6.45, 7) is 5.68. The van der Waals surface area contributed by atoms with Crippen LogP contribution in [0.2, 0.25) is 0 Å². The first-order valence-electron chi connectivity index (χ1n) is 18.4. The van der Waals surface area contributed by atoms with Gasteiger partial charge in [0.2, 0.25) is 5.91 Å². The van der Waals surface area contributed by atoms with E-state index in [-0.39, 0.29) is 25.7 Å². The zero-order valence-corrected chi connectivity index (χ0v) is 30.6. The fourth-order valence-electron chi connectivity index (χ4n) is 5.09. The summed E-state index contributed by atoms with van der Waals surface area (Å²) < 4.78 is 29.1. The van der Waals surface area contributed by atoms with Gasteiger partial charge in [0.15, 0.2) is 0 Å². The second-order valence-electron chi connectivity index (χ2n) is 13.7. The van der Waals surface area contributed by atoms with Crippen LogP contribution in [0.25, 0.3) is 0 Å². The number of unbranched alkanes of at least 4 members (excludes halogenated alkanes) is 20. The van der Waals surface area contributed by atoms with Crippen LogP contribution in [0.4, 0.5) is 0 Å². The quantitative estimate of drug-likeness (QED) is 0.0426. The lowest BCUT2D eigenvalue weighted by Gasteiger charge is -2.28. The van der Waals surface area contributed by atoms with E-state index in [2.05, 4.69) is 19.2 Å². The zero-order valence-electron chi connectivity index (χ0n) is 29.7. The number of phosphoric acid groups is 1. The Hall–Kier alpha value is -0.500. The third kappa shape index (κ3) is 32.9. The minimum Gasteiger partial charge on any atom is -0.756 e. The maximum absolute atomic E-state index is 12.4. The molecule has 1 N–H and O–H groups in total. The van der Waals surface area contributed by atoms with E-state index in [0.717, 1.165) is 25.7 Å².